The second-order valence-electron chi connectivity index (χ2n) is 6.90. The third-order valence-corrected chi connectivity index (χ3v) is 5.00. The van der Waals surface area contributed by atoms with Gasteiger partial charge in [0.05, 0.1) is 12.2 Å². The van der Waals surface area contributed by atoms with Crippen molar-refractivity contribution in [2.45, 2.75) is 39.7 Å². The smallest absolute Gasteiger partial charge is 0.237 e. The monoisotopic (exact) mass is 349 g/mol. The summed E-state index contributed by atoms with van der Waals surface area (Å²) in [6.45, 7) is 9.85. The molecule has 0 aromatic carbocycles. The van der Waals surface area contributed by atoms with Crippen LogP contribution >= 0.6 is 0 Å². The lowest BCUT2D eigenvalue weighted by Crippen LogP contribution is -2.23. The van der Waals surface area contributed by atoms with Crippen molar-refractivity contribution in [1.82, 2.24) is 19.0 Å². The first-order valence-electron chi connectivity index (χ1n) is 8.86. The van der Waals surface area contributed by atoms with E-state index in [1.54, 1.807) is 0 Å². The number of fused-ring (bicyclic) bond motifs is 1. The van der Waals surface area contributed by atoms with Gasteiger partial charge in [-0.05, 0) is 52.3 Å². The minimum absolute atomic E-state index is 0.272. The van der Waals surface area contributed by atoms with Gasteiger partial charge in [0.2, 0.25) is 11.7 Å². The molecule has 26 heavy (non-hydrogen) atoms. The molecule has 134 valence electrons. The summed E-state index contributed by atoms with van der Waals surface area (Å²) >= 11 is 0. The molecule has 0 saturated heterocycles. The Morgan fingerprint density at radius 3 is 2.81 bits per heavy atom. The van der Waals surface area contributed by atoms with E-state index < -0.39 is 0 Å². The van der Waals surface area contributed by atoms with Crippen LogP contribution in [0, 0.1) is 19.8 Å². The molecule has 0 unspecified atom stereocenters. The van der Waals surface area contributed by atoms with Crippen LogP contribution in [0.1, 0.15) is 31.2 Å². The van der Waals surface area contributed by atoms with E-state index in [0.29, 0.717) is 17.7 Å². The Bertz CT molecular complexity index is 991. The van der Waals surface area contributed by atoms with Gasteiger partial charge in [-0.15, -0.1) is 0 Å². The van der Waals surface area contributed by atoms with Gasteiger partial charge < -0.3 is 0 Å². The standard InChI is InChI=1S/C19H23N7/c1-12-9-21-19-22-10-16(11-25(12)19)17-7-8-26(14(17)3)24-18(20-4)23-13(2)15-5-6-15/h7-11,13,15H,4-6H2,1-3H3,(H,23,24)/t13-/m1/s1. The van der Waals surface area contributed by atoms with Gasteiger partial charge >= 0.3 is 0 Å². The molecular formula is C19H23N7. The molecule has 1 atom stereocenters. The van der Waals surface area contributed by atoms with Crippen LogP contribution in [0.2, 0.25) is 0 Å². The zero-order valence-corrected chi connectivity index (χ0v) is 15.3. The lowest BCUT2D eigenvalue weighted by Gasteiger charge is -2.12. The molecule has 3 heterocycles. The number of aryl methyl sites for hydroxylation is 1. The summed E-state index contributed by atoms with van der Waals surface area (Å²) in [7, 11) is 0. The zero-order valence-electron chi connectivity index (χ0n) is 15.3. The van der Waals surface area contributed by atoms with Crippen molar-refractivity contribution >= 4 is 18.5 Å². The largest absolute Gasteiger partial charge is 0.288 e. The topological polar surface area (TPSA) is 71.9 Å². The summed E-state index contributed by atoms with van der Waals surface area (Å²) in [5.41, 5.74) is 7.49. The van der Waals surface area contributed by atoms with Crippen LogP contribution in [0.5, 0.6) is 0 Å². The first kappa shape index (κ1) is 16.5. The average molecular weight is 349 g/mol. The van der Waals surface area contributed by atoms with Gasteiger partial charge in [-0.25, -0.2) is 20.0 Å². The molecule has 0 spiro atoms. The highest BCUT2D eigenvalue weighted by Crippen LogP contribution is 2.34. The quantitative estimate of drug-likeness (QED) is 0.581. The van der Waals surface area contributed by atoms with Crippen LogP contribution in [0.15, 0.2) is 40.8 Å². The van der Waals surface area contributed by atoms with Crippen molar-refractivity contribution < 1.29 is 0 Å². The third kappa shape index (κ3) is 3.00. The summed E-state index contributed by atoms with van der Waals surface area (Å²) < 4.78 is 3.92. The molecule has 0 aliphatic heterocycles. The predicted octanol–water partition coefficient (Wildman–Crippen LogP) is 3.21. The number of nitrogens with zero attached hydrogens (tertiary/aromatic N) is 6. The van der Waals surface area contributed by atoms with E-state index in [0.717, 1.165) is 22.5 Å². The van der Waals surface area contributed by atoms with Crippen molar-refractivity contribution in [3.05, 3.63) is 42.2 Å². The summed E-state index contributed by atoms with van der Waals surface area (Å²) in [5, 5.41) is 0. The van der Waals surface area contributed by atoms with Crippen LogP contribution in [0.25, 0.3) is 16.9 Å². The number of imidazole rings is 1. The van der Waals surface area contributed by atoms with Gasteiger partial charge in [0.25, 0.3) is 0 Å². The predicted molar refractivity (Wildman–Crippen MR) is 104 cm³/mol. The van der Waals surface area contributed by atoms with E-state index in [9.17, 15) is 0 Å². The highest BCUT2D eigenvalue weighted by molar-refractivity contribution is 5.91. The molecule has 0 amide bonds. The van der Waals surface area contributed by atoms with E-state index >= 15 is 0 Å². The minimum Gasteiger partial charge on any atom is -0.288 e. The number of aliphatic imine (C=N–C) groups is 2. The summed E-state index contributed by atoms with van der Waals surface area (Å²) in [6, 6.07) is 2.33. The molecule has 3 aromatic rings. The maximum Gasteiger partial charge on any atom is 0.237 e. The molecule has 1 fully saturated rings. The molecule has 1 N–H and O–H groups in total. The minimum atomic E-state index is 0.272. The summed E-state index contributed by atoms with van der Waals surface area (Å²) in [4.78, 5) is 17.4. The van der Waals surface area contributed by atoms with Crippen molar-refractivity contribution in [2.24, 2.45) is 15.9 Å². The number of rotatable bonds is 4. The normalized spacial score (nSPS) is 16.0. The molecule has 7 heteroatoms. The second kappa shape index (κ2) is 6.40. The lowest BCUT2D eigenvalue weighted by atomic mass is 10.1. The Morgan fingerprint density at radius 1 is 1.31 bits per heavy atom. The molecular weight excluding hydrogens is 326 g/mol. The van der Waals surface area contributed by atoms with E-state index in [2.05, 4.69) is 58.2 Å². The van der Waals surface area contributed by atoms with Crippen LogP contribution in [0.3, 0.4) is 0 Å². The number of nitrogens with one attached hydrogen (secondary N) is 1. The lowest BCUT2D eigenvalue weighted by molar-refractivity contribution is 0.650. The molecule has 4 rings (SSSR count). The summed E-state index contributed by atoms with van der Waals surface area (Å²) in [5.74, 6) is 1.94. The van der Waals surface area contributed by atoms with Gasteiger partial charge in [-0.1, -0.05) is 0 Å². The fourth-order valence-electron chi connectivity index (χ4n) is 3.15. The molecule has 3 aromatic heterocycles. The van der Waals surface area contributed by atoms with Crippen molar-refractivity contribution in [3.63, 3.8) is 0 Å². The Balaban J connectivity index is 1.62. The second-order valence-corrected chi connectivity index (χ2v) is 6.90. The molecule has 1 aliphatic rings. The van der Waals surface area contributed by atoms with Crippen molar-refractivity contribution in [1.29, 1.82) is 0 Å². The van der Waals surface area contributed by atoms with Gasteiger partial charge in [-0.2, -0.15) is 0 Å². The van der Waals surface area contributed by atoms with Crippen LogP contribution < -0.4 is 5.43 Å². The average Bonchev–Trinajstić information content (AvgIpc) is 3.36. The Morgan fingerprint density at radius 2 is 2.08 bits per heavy atom. The third-order valence-electron chi connectivity index (χ3n) is 5.00. The highest BCUT2D eigenvalue weighted by atomic mass is 15.5. The van der Waals surface area contributed by atoms with Crippen LogP contribution in [-0.4, -0.2) is 37.8 Å². The first-order chi connectivity index (χ1) is 12.6. The fourth-order valence-corrected chi connectivity index (χ4v) is 3.15. The van der Waals surface area contributed by atoms with E-state index in [-0.39, 0.29) is 6.04 Å². The van der Waals surface area contributed by atoms with Crippen molar-refractivity contribution in [2.75, 3.05) is 5.43 Å². The zero-order chi connectivity index (χ0) is 18.3. The maximum absolute atomic E-state index is 4.65. The van der Waals surface area contributed by atoms with Gasteiger partial charge in [-0.3, -0.25) is 14.5 Å². The van der Waals surface area contributed by atoms with Crippen LogP contribution in [0.4, 0.5) is 0 Å². The Labute approximate surface area is 152 Å². The van der Waals surface area contributed by atoms with Crippen molar-refractivity contribution in [3.8, 4) is 11.1 Å². The van der Waals surface area contributed by atoms with E-state index in [4.69, 9.17) is 0 Å². The Hall–Kier alpha value is -2.96. The van der Waals surface area contributed by atoms with Gasteiger partial charge in [0.15, 0.2) is 0 Å². The Kier molecular flexibility index (Phi) is 4.06. The van der Waals surface area contributed by atoms with E-state index in [1.165, 1.54) is 12.8 Å². The number of hydrogen-bond donors (Lipinski definition) is 1. The first-order valence-corrected chi connectivity index (χ1v) is 8.86. The highest BCUT2D eigenvalue weighted by Gasteiger charge is 2.28. The molecule has 1 aliphatic carbocycles. The number of aromatic nitrogens is 4. The number of guanidine groups is 1. The van der Waals surface area contributed by atoms with Gasteiger partial charge in [0, 0.05) is 41.1 Å². The van der Waals surface area contributed by atoms with Gasteiger partial charge in [0.1, 0.15) is 0 Å². The molecule has 0 bridgehead atoms. The molecule has 0 radical (unpaired) electrons. The number of hydrogen-bond acceptors (Lipinski definition) is 3. The summed E-state index contributed by atoms with van der Waals surface area (Å²) in [6.07, 6.45) is 10.2. The fraction of sp³-hybridized carbons (Fsp3) is 0.368. The van der Waals surface area contributed by atoms with Crippen LogP contribution in [-0.2, 0) is 0 Å². The molecule has 1 saturated carbocycles. The maximum atomic E-state index is 4.65. The SMILES string of the molecule is C=NC(=N[C@H](C)C1CC1)Nn1ccc(-c2cnc3ncc(C)n3c2)c1C. The molecule has 7 nitrogen and oxygen atoms in total. The van der Waals surface area contributed by atoms with E-state index in [1.807, 2.05) is 34.6 Å².